The highest BCUT2D eigenvalue weighted by molar-refractivity contribution is 6.30. The lowest BCUT2D eigenvalue weighted by Crippen LogP contribution is -2.14. The topological polar surface area (TPSA) is 45.8 Å². The van der Waals surface area contributed by atoms with Gasteiger partial charge in [0, 0.05) is 0 Å². The largest absolute Gasteiger partial charge is 0.349 e. The van der Waals surface area contributed by atoms with Gasteiger partial charge in [-0.25, -0.2) is 4.79 Å². The standard InChI is InChI=1S/C4HClF2N2O/c5-1-2(6)8-4(10)9-3(1)7/h(H,8,9,10). The maximum Gasteiger partial charge on any atom is 0.349 e. The van der Waals surface area contributed by atoms with Gasteiger partial charge in [0.2, 0.25) is 11.9 Å². The van der Waals surface area contributed by atoms with Crippen LogP contribution in [0.3, 0.4) is 0 Å². The van der Waals surface area contributed by atoms with Crippen molar-refractivity contribution < 1.29 is 8.78 Å². The van der Waals surface area contributed by atoms with Crippen LogP contribution in [-0.2, 0) is 0 Å². The van der Waals surface area contributed by atoms with Crippen molar-refractivity contribution in [1.29, 1.82) is 0 Å². The molecule has 0 spiro atoms. The van der Waals surface area contributed by atoms with Crippen LogP contribution in [0.15, 0.2) is 4.79 Å². The molecule has 0 fully saturated rings. The molecule has 1 rings (SSSR count). The maximum absolute atomic E-state index is 12.2. The SMILES string of the molecule is O=c1nc(F)c(Cl)c(F)[nH]1. The van der Waals surface area contributed by atoms with Crippen molar-refractivity contribution in [3.05, 3.63) is 27.4 Å². The molecule has 0 radical (unpaired) electrons. The van der Waals surface area contributed by atoms with Gasteiger partial charge in [0.1, 0.15) is 5.02 Å². The van der Waals surface area contributed by atoms with Gasteiger partial charge in [0.25, 0.3) is 0 Å². The number of nitrogens with one attached hydrogen (secondary N) is 1. The Bertz CT molecular complexity index is 284. The van der Waals surface area contributed by atoms with Gasteiger partial charge in [-0.3, -0.25) is 4.98 Å². The second-order valence-electron chi connectivity index (χ2n) is 1.46. The summed E-state index contributed by atoms with van der Waals surface area (Å²) in [6, 6.07) is 0. The highest BCUT2D eigenvalue weighted by atomic mass is 35.5. The number of halogens is 3. The minimum absolute atomic E-state index is 0.806. The first kappa shape index (κ1) is 7.14. The van der Waals surface area contributed by atoms with Crippen molar-refractivity contribution in [3.8, 4) is 0 Å². The van der Waals surface area contributed by atoms with Gasteiger partial charge in [0.05, 0.1) is 0 Å². The van der Waals surface area contributed by atoms with Gasteiger partial charge in [0.15, 0.2) is 0 Å². The molecule has 54 valence electrons. The van der Waals surface area contributed by atoms with E-state index in [0.717, 1.165) is 0 Å². The fraction of sp³-hybridized carbons (Fsp3) is 0. The fourth-order valence-corrected chi connectivity index (χ4v) is 0.495. The molecule has 10 heavy (non-hydrogen) atoms. The molecule has 0 amide bonds. The molecule has 1 aromatic heterocycles. The maximum atomic E-state index is 12.2. The molecule has 0 bridgehead atoms. The normalized spacial score (nSPS) is 9.90. The van der Waals surface area contributed by atoms with E-state index in [9.17, 15) is 13.6 Å². The number of H-pyrrole nitrogens is 1. The van der Waals surface area contributed by atoms with E-state index < -0.39 is 22.6 Å². The molecule has 0 aromatic carbocycles. The molecular weight excluding hydrogens is 166 g/mol. The van der Waals surface area contributed by atoms with Crippen LogP contribution in [0.25, 0.3) is 0 Å². The first-order valence-electron chi connectivity index (χ1n) is 2.22. The van der Waals surface area contributed by atoms with Crippen molar-refractivity contribution >= 4 is 11.6 Å². The summed E-state index contributed by atoms with van der Waals surface area (Å²) in [6.45, 7) is 0. The van der Waals surface area contributed by atoms with Crippen molar-refractivity contribution in [1.82, 2.24) is 9.97 Å². The Kier molecular flexibility index (Phi) is 1.67. The lowest BCUT2D eigenvalue weighted by molar-refractivity contribution is 0.517. The Morgan fingerprint density at radius 1 is 1.50 bits per heavy atom. The van der Waals surface area contributed by atoms with Crippen molar-refractivity contribution in [2.45, 2.75) is 0 Å². The van der Waals surface area contributed by atoms with E-state index in [0.29, 0.717) is 0 Å². The third-order valence-corrected chi connectivity index (χ3v) is 1.11. The van der Waals surface area contributed by atoms with Crippen LogP contribution in [-0.4, -0.2) is 9.97 Å². The second-order valence-corrected chi connectivity index (χ2v) is 1.84. The van der Waals surface area contributed by atoms with Crippen molar-refractivity contribution in [2.24, 2.45) is 0 Å². The Hall–Kier alpha value is -0.970. The van der Waals surface area contributed by atoms with Crippen LogP contribution < -0.4 is 5.69 Å². The molecule has 0 aliphatic carbocycles. The molecule has 0 aliphatic heterocycles. The second kappa shape index (κ2) is 2.34. The molecule has 0 saturated heterocycles. The first-order valence-corrected chi connectivity index (χ1v) is 2.60. The molecule has 0 saturated carbocycles. The number of aromatic nitrogens is 2. The van der Waals surface area contributed by atoms with E-state index in [1.54, 1.807) is 4.98 Å². The molecule has 6 heteroatoms. The highest BCUT2D eigenvalue weighted by Crippen LogP contribution is 2.11. The van der Waals surface area contributed by atoms with E-state index in [1.807, 2.05) is 0 Å². The van der Waals surface area contributed by atoms with Gasteiger partial charge in [-0.1, -0.05) is 11.6 Å². The van der Waals surface area contributed by atoms with E-state index in [4.69, 9.17) is 11.6 Å². The lowest BCUT2D eigenvalue weighted by Gasteiger charge is -1.90. The van der Waals surface area contributed by atoms with Crippen molar-refractivity contribution in [2.75, 3.05) is 0 Å². The van der Waals surface area contributed by atoms with E-state index >= 15 is 0 Å². The minimum Gasteiger partial charge on any atom is -0.281 e. The fourth-order valence-electron chi connectivity index (χ4n) is 0.405. The van der Waals surface area contributed by atoms with Crippen LogP contribution in [0, 0.1) is 11.9 Å². The van der Waals surface area contributed by atoms with E-state index in [-0.39, 0.29) is 0 Å². The summed E-state index contributed by atoms with van der Waals surface area (Å²) in [5.74, 6) is -2.51. The van der Waals surface area contributed by atoms with E-state index in [1.165, 1.54) is 0 Å². The van der Waals surface area contributed by atoms with Gasteiger partial charge < -0.3 is 0 Å². The summed E-state index contributed by atoms with van der Waals surface area (Å²) in [7, 11) is 0. The third-order valence-electron chi connectivity index (χ3n) is 0.790. The summed E-state index contributed by atoms with van der Waals surface area (Å²) < 4.78 is 24.3. The summed E-state index contributed by atoms with van der Waals surface area (Å²) in [5, 5.41) is -0.806. The number of hydrogen-bond acceptors (Lipinski definition) is 2. The number of aromatic amines is 1. The lowest BCUT2D eigenvalue weighted by atomic mass is 10.6. The predicted molar refractivity (Wildman–Crippen MR) is 29.8 cm³/mol. The quantitative estimate of drug-likeness (QED) is 0.577. The zero-order valence-corrected chi connectivity index (χ0v) is 5.25. The van der Waals surface area contributed by atoms with Gasteiger partial charge in [-0.2, -0.15) is 13.8 Å². The Labute approximate surface area is 58.7 Å². The van der Waals surface area contributed by atoms with Crippen LogP contribution in [0.2, 0.25) is 5.02 Å². The average molecular weight is 167 g/mol. The number of hydrogen-bond donors (Lipinski definition) is 1. The Morgan fingerprint density at radius 3 is 2.60 bits per heavy atom. The van der Waals surface area contributed by atoms with E-state index in [2.05, 4.69) is 4.98 Å². The van der Waals surface area contributed by atoms with Gasteiger partial charge in [-0.05, 0) is 0 Å². The third kappa shape index (κ3) is 1.13. The number of rotatable bonds is 0. The van der Waals surface area contributed by atoms with Crippen LogP contribution in [0.1, 0.15) is 0 Å². The smallest absolute Gasteiger partial charge is 0.281 e. The first-order chi connectivity index (χ1) is 4.61. The molecule has 0 unspecified atom stereocenters. The van der Waals surface area contributed by atoms with Gasteiger partial charge >= 0.3 is 5.69 Å². The minimum atomic E-state index is -1.30. The van der Waals surface area contributed by atoms with Gasteiger partial charge in [-0.15, -0.1) is 0 Å². The Morgan fingerprint density at radius 2 is 2.10 bits per heavy atom. The Balaban J connectivity index is 3.46. The summed E-state index contributed by atoms with van der Waals surface area (Å²) in [4.78, 5) is 14.4. The molecule has 3 nitrogen and oxygen atoms in total. The van der Waals surface area contributed by atoms with Crippen LogP contribution >= 0.6 is 11.6 Å². The molecule has 0 aliphatic rings. The number of nitrogens with zero attached hydrogens (tertiary/aromatic N) is 1. The molecular formula is C4HClF2N2O. The van der Waals surface area contributed by atoms with Crippen molar-refractivity contribution in [3.63, 3.8) is 0 Å². The van der Waals surface area contributed by atoms with Crippen LogP contribution in [0.5, 0.6) is 0 Å². The molecule has 1 heterocycles. The van der Waals surface area contributed by atoms with Crippen LogP contribution in [0.4, 0.5) is 8.78 Å². The molecule has 1 N–H and O–H groups in total. The molecule has 1 aromatic rings. The predicted octanol–water partition coefficient (Wildman–Crippen LogP) is 0.702. The zero-order valence-electron chi connectivity index (χ0n) is 4.49. The average Bonchev–Trinajstić information content (AvgIpc) is 1.82. The molecule has 0 atom stereocenters. The summed E-state index contributed by atoms with van der Waals surface area (Å²) in [5.41, 5.74) is -1.10. The summed E-state index contributed by atoms with van der Waals surface area (Å²) in [6.07, 6.45) is 0. The summed E-state index contributed by atoms with van der Waals surface area (Å²) >= 11 is 4.97. The monoisotopic (exact) mass is 166 g/mol. The highest BCUT2D eigenvalue weighted by Gasteiger charge is 2.07. The zero-order chi connectivity index (χ0) is 7.72.